The van der Waals surface area contributed by atoms with E-state index >= 15 is 0 Å². The molecule has 0 aromatic rings. The Balaban J connectivity index is 6.17. The van der Waals surface area contributed by atoms with Crippen molar-refractivity contribution in [1.29, 1.82) is 0 Å². The molecule has 0 saturated carbocycles. The van der Waals surface area contributed by atoms with Crippen LogP contribution < -0.4 is 74.9 Å². The first-order valence-corrected chi connectivity index (χ1v) is 26.9. The Morgan fingerprint density at radius 1 is 0.206 bits per heavy atom. The zero-order valence-electron chi connectivity index (χ0n) is 49.5. The van der Waals surface area contributed by atoms with E-state index in [0.29, 0.717) is 0 Å². The lowest BCUT2D eigenvalue weighted by molar-refractivity contribution is -0.148. The van der Waals surface area contributed by atoms with Gasteiger partial charge >= 0.3 is 65.7 Å². The first-order valence-electron chi connectivity index (χ1n) is 26.9. The molecule has 0 rings (SSSR count). The van der Waals surface area contributed by atoms with Crippen molar-refractivity contribution in [2.75, 3.05) is 26.2 Å². The van der Waals surface area contributed by atoms with Gasteiger partial charge in [0.2, 0.25) is 76.8 Å². The fraction of sp³-hybridized carbons (Fsp3) is 0.500. The van der Waals surface area contributed by atoms with E-state index in [0.717, 1.165) is 0 Å². The maximum atomic E-state index is 13.3. The van der Waals surface area contributed by atoms with E-state index in [1.807, 2.05) is 16.0 Å². The number of carboxylic acid groups (broad SMARTS) is 11. The molecule has 0 aromatic heterocycles. The molecular formula is C48H64N14O35. The molecule has 26 N–H and O–H groups in total. The summed E-state index contributed by atoms with van der Waals surface area (Å²) in [5, 5.41) is 125. The summed E-state index contributed by atoms with van der Waals surface area (Å²) in [4.78, 5) is 294. The first kappa shape index (κ1) is 84.2. The highest BCUT2D eigenvalue weighted by Crippen LogP contribution is 2.05. The molecule has 0 aliphatic rings. The second-order valence-electron chi connectivity index (χ2n) is 19.6. The van der Waals surface area contributed by atoms with E-state index in [1.165, 1.54) is 0 Å². The molecule has 0 aliphatic carbocycles. The topological polar surface area (TPSA) is 815 Å². The summed E-state index contributed by atoms with van der Waals surface area (Å²) < 4.78 is 0. The van der Waals surface area contributed by atoms with Crippen molar-refractivity contribution in [3.8, 4) is 0 Å². The van der Waals surface area contributed by atoms with Crippen LogP contribution in [0.3, 0.4) is 0 Å². The molecular weight excluding hydrogens is 1330 g/mol. The standard InChI is InChI=1S/C48H64N14O35/c49-15(1-29(67)68)39(87)58-16(2-30(69)70)40(88)50-11-25(63)54-20(6-34(77)78)44(92)59-17(3-31(71)72)41(89)51-12-26(64)55-21(7-35(79)80)45(93)60-18(4-32(73)74)42(90)52-13-27(65)56-22(8-36(81)82)46(94)61-19(5-33(75)76)43(91)53-14-28(66)57-23(9-37(83)84)47(95)62-24(48(96)97)10-38(85)86/h15-24H,1-14,49H2,(H,50,88)(H,51,89)(H,52,90)(H,53,91)(H,54,63)(H,55,64)(H,56,65)(H,57,66)(H,58,87)(H,59,92)(H,60,93)(H,61,94)(H,62,95)(H,67,68)(H,69,70)(H,71,72)(H,73,74)(H,75,76)(H,77,78)(H,79,80)(H,81,82)(H,83,84)(H,85,86)(H,96,97)/t15-,16-,17-,18-,19-,20-,21-,22-,23-,24-/m0/s1. The molecule has 13 amide bonds. The van der Waals surface area contributed by atoms with Gasteiger partial charge in [0.05, 0.1) is 96.4 Å². The molecule has 0 heterocycles. The fourth-order valence-electron chi connectivity index (χ4n) is 7.24. The van der Waals surface area contributed by atoms with Crippen molar-refractivity contribution in [3.05, 3.63) is 0 Å². The van der Waals surface area contributed by atoms with E-state index in [4.69, 9.17) is 21.1 Å². The van der Waals surface area contributed by atoms with Gasteiger partial charge in [0.1, 0.15) is 54.4 Å². The molecule has 0 unspecified atom stereocenters. The fourth-order valence-corrected chi connectivity index (χ4v) is 7.24. The van der Waals surface area contributed by atoms with Crippen molar-refractivity contribution in [2.24, 2.45) is 5.73 Å². The van der Waals surface area contributed by atoms with Gasteiger partial charge in [-0.3, -0.25) is 110 Å². The summed E-state index contributed by atoms with van der Waals surface area (Å²) in [5.41, 5.74) is 5.39. The summed E-state index contributed by atoms with van der Waals surface area (Å²) in [6.07, 6.45) is -12.8. The molecule has 0 fully saturated rings. The third-order valence-corrected chi connectivity index (χ3v) is 11.6. The summed E-state index contributed by atoms with van der Waals surface area (Å²) in [6.45, 7) is -5.17. The number of hydrogen-bond donors (Lipinski definition) is 25. The minimum Gasteiger partial charge on any atom is -0.481 e. The van der Waals surface area contributed by atoms with E-state index < -0.39 is 293 Å². The van der Waals surface area contributed by atoms with Gasteiger partial charge in [-0.05, 0) is 0 Å². The Hall–Kier alpha value is -12.8. The highest BCUT2D eigenvalue weighted by Gasteiger charge is 2.36. The Bertz CT molecular complexity index is 3120. The Morgan fingerprint density at radius 3 is 0.536 bits per heavy atom. The second-order valence-corrected chi connectivity index (χ2v) is 19.6. The number of carbonyl (C=O) groups is 24. The first-order chi connectivity index (χ1) is 44.9. The van der Waals surface area contributed by atoms with Crippen LogP contribution in [0.25, 0.3) is 0 Å². The molecule has 536 valence electrons. The normalized spacial score (nSPS) is 13.6. The zero-order valence-corrected chi connectivity index (χ0v) is 49.5. The van der Waals surface area contributed by atoms with Crippen molar-refractivity contribution >= 4 is 142 Å². The van der Waals surface area contributed by atoms with Gasteiger partial charge in [-0.25, -0.2) is 4.79 Å². The SMILES string of the molecule is N[C@@H](CC(=O)O)C(=O)N[C@@H](CC(=O)O)C(=O)NCC(=O)N[C@@H](CC(=O)O)C(=O)N[C@@H](CC(=O)O)C(=O)NCC(=O)N[C@@H](CC(=O)O)C(=O)N[C@@H](CC(=O)O)C(=O)NCC(=O)N[C@@H](CC(=O)O)C(=O)N[C@@H](CC(=O)O)C(=O)NCC(=O)N[C@@H](CC(=O)O)C(=O)N[C@@H](CC(=O)O)C(=O)O. The third-order valence-electron chi connectivity index (χ3n) is 11.6. The average Bonchev–Trinajstić information content (AvgIpc) is 0.904. The zero-order chi connectivity index (χ0) is 74.7. The summed E-state index contributed by atoms with van der Waals surface area (Å²) in [5.74, 6) is -39.7. The number of rotatable bonds is 47. The van der Waals surface area contributed by atoms with Gasteiger partial charge in [-0.2, -0.15) is 0 Å². The van der Waals surface area contributed by atoms with Crippen LogP contribution >= 0.6 is 0 Å². The molecule has 0 radical (unpaired) electrons. The summed E-state index contributed by atoms with van der Waals surface area (Å²) in [6, 6.07) is -21.7. The monoisotopic (exact) mass is 1400 g/mol. The summed E-state index contributed by atoms with van der Waals surface area (Å²) in [7, 11) is 0. The van der Waals surface area contributed by atoms with Crippen molar-refractivity contribution in [3.63, 3.8) is 0 Å². The van der Waals surface area contributed by atoms with Crippen LogP contribution in [-0.4, -0.2) is 285 Å². The number of carbonyl (C=O) groups excluding carboxylic acids is 13. The van der Waals surface area contributed by atoms with Gasteiger partial charge in [-0.15, -0.1) is 0 Å². The van der Waals surface area contributed by atoms with Gasteiger partial charge < -0.3 is 131 Å². The Kier molecular flexibility index (Phi) is 36.2. The largest absolute Gasteiger partial charge is 0.481 e. The van der Waals surface area contributed by atoms with E-state index in [1.54, 1.807) is 53.2 Å². The number of hydrogen-bond acceptors (Lipinski definition) is 25. The van der Waals surface area contributed by atoms with Crippen LogP contribution in [0.15, 0.2) is 0 Å². The molecule has 10 atom stereocenters. The quantitative estimate of drug-likeness (QED) is 0.0269. The molecule has 0 bridgehead atoms. The second kappa shape index (κ2) is 41.7. The Labute approximate surface area is 538 Å². The van der Waals surface area contributed by atoms with Crippen molar-refractivity contribution in [1.82, 2.24) is 69.1 Å². The van der Waals surface area contributed by atoms with Crippen LogP contribution in [0.4, 0.5) is 0 Å². The van der Waals surface area contributed by atoms with Crippen molar-refractivity contribution < 1.29 is 171 Å². The number of nitrogens with one attached hydrogen (secondary N) is 13. The van der Waals surface area contributed by atoms with E-state index in [9.17, 15) is 156 Å². The highest BCUT2D eigenvalue weighted by molar-refractivity contribution is 6.02. The smallest absolute Gasteiger partial charge is 0.326 e. The molecule has 49 heteroatoms. The number of aliphatic carboxylic acids is 11. The average molecular weight is 1400 g/mol. The lowest BCUT2D eigenvalue weighted by Gasteiger charge is -2.23. The minimum absolute atomic E-state index is 0.963. The maximum Gasteiger partial charge on any atom is 0.326 e. The lowest BCUT2D eigenvalue weighted by Crippen LogP contribution is -2.58. The Morgan fingerprint density at radius 2 is 0.361 bits per heavy atom. The van der Waals surface area contributed by atoms with Gasteiger partial charge in [0.15, 0.2) is 0 Å². The number of nitrogens with two attached hydrogens (primary N) is 1. The predicted molar refractivity (Wildman–Crippen MR) is 298 cm³/mol. The number of amides is 13. The molecule has 0 saturated heterocycles. The minimum atomic E-state index is -2.32. The van der Waals surface area contributed by atoms with Crippen LogP contribution in [0, 0.1) is 0 Å². The van der Waals surface area contributed by atoms with Crippen LogP contribution in [-0.2, 0) is 115 Å². The maximum absolute atomic E-state index is 13.3. The van der Waals surface area contributed by atoms with Crippen LogP contribution in [0.2, 0.25) is 0 Å². The van der Waals surface area contributed by atoms with E-state index in [2.05, 4.69) is 0 Å². The lowest BCUT2D eigenvalue weighted by atomic mass is 10.1. The van der Waals surface area contributed by atoms with Crippen LogP contribution in [0.1, 0.15) is 64.2 Å². The molecule has 0 aromatic carbocycles. The van der Waals surface area contributed by atoms with E-state index in [-0.39, 0.29) is 0 Å². The van der Waals surface area contributed by atoms with Crippen LogP contribution in [0.5, 0.6) is 0 Å². The third kappa shape index (κ3) is 36.2. The predicted octanol–water partition coefficient (Wildman–Crippen LogP) is -14.0. The molecule has 0 spiro atoms. The number of carboxylic acids is 11. The van der Waals surface area contributed by atoms with Crippen molar-refractivity contribution in [2.45, 2.75) is 125 Å². The molecule has 97 heavy (non-hydrogen) atoms. The van der Waals surface area contributed by atoms with Gasteiger partial charge in [-0.1, -0.05) is 0 Å². The molecule has 49 nitrogen and oxygen atoms in total. The van der Waals surface area contributed by atoms with Gasteiger partial charge in [0.25, 0.3) is 0 Å². The highest BCUT2D eigenvalue weighted by atomic mass is 16.4. The molecule has 0 aliphatic heterocycles. The summed E-state index contributed by atoms with van der Waals surface area (Å²) >= 11 is 0. The van der Waals surface area contributed by atoms with Gasteiger partial charge in [0, 0.05) is 0 Å².